The Balaban J connectivity index is 4.24. The van der Waals surface area contributed by atoms with Crippen LogP contribution in [0.1, 0.15) is 155 Å². The largest absolute Gasteiger partial charge is 0.472 e. The van der Waals surface area contributed by atoms with Crippen molar-refractivity contribution in [2.24, 2.45) is 5.73 Å². The smallest absolute Gasteiger partial charge is 0.462 e. The van der Waals surface area contributed by atoms with E-state index in [1.807, 2.05) is 0 Å². The van der Waals surface area contributed by atoms with Gasteiger partial charge in [0.25, 0.3) is 0 Å². The highest BCUT2D eigenvalue weighted by atomic mass is 31.2. The van der Waals surface area contributed by atoms with Crippen LogP contribution in [0.3, 0.4) is 0 Å². The summed E-state index contributed by atoms with van der Waals surface area (Å²) in [6.45, 7) is 3.46. The van der Waals surface area contributed by atoms with Crippen molar-refractivity contribution >= 4 is 19.8 Å². The third-order valence-electron chi connectivity index (χ3n) is 8.09. The van der Waals surface area contributed by atoms with Gasteiger partial charge in [-0.3, -0.25) is 18.6 Å². The summed E-state index contributed by atoms with van der Waals surface area (Å²) in [6.07, 6.45) is 46.4. The molecule has 0 saturated heterocycles. The van der Waals surface area contributed by atoms with Crippen LogP contribution >= 0.6 is 7.82 Å². The van der Waals surface area contributed by atoms with Crippen molar-refractivity contribution in [3.8, 4) is 0 Å². The molecule has 304 valence electrons. The number of phosphoric ester groups is 1. The normalized spacial score (nSPS) is 14.1. The van der Waals surface area contributed by atoms with E-state index in [0.29, 0.717) is 12.8 Å². The van der Waals surface area contributed by atoms with E-state index in [-0.39, 0.29) is 32.6 Å². The molecule has 10 heteroatoms. The third kappa shape index (κ3) is 39.0. The van der Waals surface area contributed by atoms with Gasteiger partial charge in [-0.25, -0.2) is 4.57 Å². The number of carbonyl (C=O) groups is 2. The van der Waals surface area contributed by atoms with E-state index in [1.54, 1.807) is 0 Å². The van der Waals surface area contributed by atoms with Crippen LogP contribution in [0.25, 0.3) is 0 Å². The molecule has 0 heterocycles. The first-order valence-electron chi connectivity index (χ1n) is 20.4. The van der Waals surface area contributed by atoms with Gasteiger partial charge in [-0.15, -0.1) is 0 Å². The summed E-state index contributed by atoms with van der Waals surface area (Å²) in [5.41, 5.74) is 5.34. The van der Waals surface area contributed by atoms with E-state index < -0.39 is 32.5 Å². The van der Waals surface area contributed by atoms with Crippen molar-refractivity contribution in [1.82, 2.24) is 0 Å². The summed E-state index contributed by atoms with van der Waals surface area (Å²) >= 11 is 0. The van der Waals surface area contributed by atoms with Crippen molar-refractivity contribution in [1.29, 1.82) is 0 Å². The van der Waals surface area contributed by atoms with Gasteiger partial charge in [-0.05, 0) is 77.0 Å². The zero-order chi connectivity index (χ0) is 38.9. The number of unbranched alkanes of at least 4 members (excludes halogenated alkanes) is 12. The number of allylic oxidation sites excluding steroid dienone is 12. The number of hydrogen-bond acceptors (Lipinski definition) is 8. The maximum atomic E-state index is 12.6. The summed E-state index contributed by atoms with van der Waals surface area (Å²) in [7, 11) is -4.39. The lowest BCUT2D eigenvalue weighted by molar-refractivity contribution is -0.161. The maximum absolute atomic E-state index is 12.6. The van der Waals surface area contributed by atoms with Crippen LogP contribution in [-0.4, -0.2) is 49.3 Å². The second-order valence-corrected chi connectivity index (χ2v) is 14.5. The topological polar surface area (TPSA) is 134 Å². The van der Waals surface area contributed by atoms with Crippen molar-refractivity contribution < 1.29 is 37.6 Å². The Morgan fingerprint density at radius 2 is 0.981 bits per heavy atom. The molecule has 0 amide bonds. The van der Waals surface area contributed by atoms with Crippen LogP contribution in [0.5, 0.6) is 0 Å². The molecule has 0 aromatic carbocycles. The van der Waals surface area contributed by atoms with E-state index in [2.05, 4.69) is 86.8 Å². The average Bonchev–Trinajstić information content (AvgIpc) is 3.14. The lowest BCUT2D eigenvalue weighted by Gasteiger charge is -2.19. The average molecular weight is 764 g/mol. The highest BCUT2D eigenvalue weighted by molar-refractivity contribution is 7.47. The number of carbonyl (C=O) groups excluding carboxylic acids is 2. The first-order valence-corrected chi connectivity index (χ1v) is 21.9. The van der Waals surface area contributed by atoms with E-state index >= 15 is 0 Å². The highest BCUT2D eigenvalue weighted by Gasteiger charge is 2.25. The summed E-state index contributed by atoms with van der Waals surface area (Å²) in [5, 5.41) is 0. The van der Waals surface area contributed by atoms with E-state index in [0.717, 1.165) is 96.3 Å². The molecule has 0 aliphatic rings. The molecule has 53 heavy (non-hydrogen) atoms. The van der Waals surface area contributed by atoms with Gasteiger partial charge in [0.05, 0.1) is 13.2 Å². The summed E-state index contributed by atoms with van der Waals surface area (Å²) < 4.78 is 32.7. The molecule has 0 aromatic rings. The number of rotatable bonds is 37. The highest BCUT2D eigenvalue weighted by Crippen LogP contribution is 2.43. The molecule has 3 N–H and O–H groups in total. The zero-order valence-corrected chi connectivity index (χ0v) is 34.1. The number of esters is 2. The molecule has 2 unspecified atom stereocenters. The van der Waals surface area contributed by atoms with Crippen LogP contribution in [0, 0.1) is 0 Å². The predicted molar refractivity (Wildman–Crippen MR) is 219 cm³/mol. The van der Waals surface area contributed by atoms with E-state index in [4.69, 9.17) is 24.3 Å². The van der Waals surface area contributed by atoms with E-state index in [9.17, 15) is 19.0 Å². The summed E-state index contributed by atoms with van der Waals surface area (Å²) in [5.74, 6) is -0.867. The lowest BCUT2D eigenvalue weighted by atomic mass is 10.1. The molecule has 9 nitrogen and oxygen atoms in total. The van der Waals surface area contributed by atoms with Crippen molar-refractivity contribution in [3.63, 3.8) is 0 Å². The molecule has 0 aliphatic heterocycles. The Hall–Kier alpha value is -2.55. The van der Waals surface area contributed by atoms with Crippen molar-refractivity contribution in [2.75, 3.05) is 26.4 Å². The first-order chi connectivity index (χ1) is 25.8. The van der Waals surface area contributed by atoms with Crippen molar-refractivity contribution in [3.05, 3.63) is 72.9 Å². The van der Waals surface area contributed by atoms with Gasteiger partial charge in [-0.1, -0.05) is 138 Å². The molecule has 0 spiro atoms. The molecule has 0 rings (SSSR count). The fourth-order valence-corrected chi connectivity index (χ4v) is 5.90. The number of nitrogens with two attached hydrogens (primary N) is 1. The summed E-state index contributed by atoms with van der Waals surface area (Å²) in [6, 6.07) is 0. The Morgan fingerprint density at radius 1 is 0.566 bits per heavy atom. The van der Waals surface area contributed by atoms with Crippen LogP contribution in [0.15, 0.2) is 72.9 Å². The van der Waals surface area contributed by atoms with Gasteiger partial charge in [0.15, 0.2) is 6.10 Å². The minimum atomic E-state index is -4.39. The van der Waals surface area contributed by atoms with Gasteiger partial charge < -0.3 is 20.1 Å². The quantitative estimate of drug-likeness (QED) is 0.0274. The Bertz CT molecular complexity index is 1100. The van der Waals surface area contributed by atoms with Gasteiger partial charge in [0, 0.05) is 19.4 Å². The molecule has 0 saturated carbocycles. The van der Waals surface area contributed by atoms with Gasteiger partial charge in [-0.2, -0.15) is 0 Å². The molecule has 0 aromatic heterocycles. The van der Waals surface area contributed by atoms with Crippen LogP contribution in [0.4, 0.5) is 0 Å². The zero-order valence-electron chi connectivity index (χ0n) is 33.2. The fourth-order valence-electron chi connectivity index (χ4n) is 5.13. The number of phosphoric acid groups is 1. The Kier molecular flexibility index (Phi) is 37.3. The first kappa shape index (κ1) is 50.5. The fraction of sp³-hybridized carbons (Fsp3) is 0.674. The standard InChI is InChI=1S/C43H74NO8P/c1-3-5-7-9-11-13-15-17-19-20-22-24-26-28-30-32-34-36-43(46)52-41(40-51-53(47,48)50-38-37-44)39-49-42(45)35-33-31-29-27-25-23-21-18-16-14-12-10-8-6-4-2/h5-8,11-14,17-19,21,41H,3-4,9-10,15-16,20,22-40,44H2,1-2H3,(H,47,48)/b7-5-,8-6-,13-11-,14-12-,19-17-,21-18-. The van der Waals surface area contributed by atoms with Crippen LogP contribution < -0.4 is 5.73 Å². The molecule has 0 fully saturated rings. The number of hydrogen-bond donors (Lipinski definition) is 2. The lowest BCUT2D eigenvalue weighted by Crippen LogP contribution is -2.29. The van der Waals surface area contributed by atoms with Gasteiger partial charge in [0.1, 0.15) is 6.61 Å². The molecule has 2 atom stereocenters. The summed E-state index contributed by atoms with van der Waals surface area (Å²) in [4.78, 5) is 34.8. The van der Waals surface area contributed by atoms with Crippen LogP contribution in [0.2, 0.25) is 0 Å². The third-order valence-corrected chi connectivity index (χ3v) is 9.07. The molecule has 0 radical (unpaired) electrons. The minimum absolute atomic E-state index is 0.0452. The Morgan fingerprint density at radius 3 is 1.45 bits per heavy atom. The van der Waals surface area contributed by atoms with Gasteiger partial charge >= 0.3 is 19.8 Å². The maximum Gasteiger partial charge on any atom is 0.472 e. The minimum Gasteiger partial charge on any atom is -0.462 e. The second-order valence-electron chi connectivity index (χ2n) is 13.1. The van der Waals surface area contributed by atoms with Crippen LogP contribution in [-0.2, 0) is 32.7 Å². The predicted octanol–water partition coefficient (Wildman–Crippen LogP) is 11.5. The van der Waals surface area contributed by atoms with Crippen molar-refractivity contribution in [2.45, 2.75) is 161 Å². The molecule has 0 bridgehead atoms. The Labute approximate surface area is 322 Å². The SMILES string of the molecule is CC/C=C\C/C=C\C/C=C\CCCCCCCCCC(=O)OC(COC(=O)CCCCCCC/C=C\C/C=C\C/C=C\CC)COP(=O)(O)OCCN. The monoisotopic (exact) mass is 764 g/mol. The molecular weight excluding hydrogens is 689 g/mol. The molecular formula is C43H74NO8P. The van der Waals surface area contributed by atoms with E-state index in [1.165, 1.54) is 19.3 Å². The second kappa shape index (κ2) is 39.2. The number of ether oxygens (including phenoxy) is 2. The van der Waals surface area contributed by atoms with Gasteiger partial charge in [0.2, 0.25) is 0 Å². The molecule has 0 aliphatic carbocycles.